The third-order valence-electron chi connectivity index (χ3n) is 2.69. The molecule has 0 rings (SSSR count). The minimum Gasteiger partial charge on any atom is -0.319 e. The Hall–Kier alpha value is -0.370. The van der Waals surface area contributed by atoms with E-state index in [0.717, 1.165) is 25.7 Å². The highest BCUT2D eigenvalue weighted by molar-refractivity contribution is 5.89. The van der Waals surface area contributed by atoms with E-state index < -0.39 is 5.54 Å². The van der Waals surface area contributed by atoms with Gasteiger partial charge in [-0.1, -0.05) is 27.2 Å². The third-order valence-corrected chi connectivity index (χ3v) is 2.69. The van der Waals surface area contributed by atoms with Crippen molar-refractivity contribution < 1.29 is 4.79 Å². The van der Waals surface area contributed by atoms with Gasteiger partial charge >= 0.3 is 0 Å². The molecule has 0 aliphatic carbocycles. The van der Waals surface area contributed by atoms with Gasteiger partial charge in [-0.3, -0.25) is 4.79 Å². The Morgan fingerprint density at radius 1 is 1.31 bits per heavy atom. The van der Waals surface area contributed by atoms with Gasteiger partial charge in [0.25, 0.3) is 0 Å². The lowest BCUT2D eigenvalue weighted by atomic mass is 9.82. The van der Waals surface area contributed by atoms with Crippen LogP contribution in [0.15, 0.2) is 0 Å². The summed E-state index contributed by atoms with van der Waals surface area (Å²) in [6.45, 7) is 8.02. The Kier molecular flexibility index (Phi) is 5.23. The Balaban J connectivity index is 4.36. The van der Waals surface area contributed by atoms with Gasteiger partial charge in [-0.15, -0.1) is 0 Å². The standard InChI is InChI=1S/C11H23NO/c1-5-8-11(4,12)10(13)9(6-2)7-3/h9H,5-8,12H2,1-4H3. The van der Waals surface area contributed by atoms with Crippen molar-refractivity contribution in [1.29, 1.82) is 0 Å². The second-order valence-electron chi connectivity index (χ2n) is 4.05. The molecule has 0 aromatic heterocycles. The number of nitrogens with two attached hydrogens (primary N) is 1. The van der Waals surface area contributed by atoms with Crippen LogP contribution < -0.4 is 5.73 Å². The molecule has 2 nitrogen and oxygen atoms in total. The van der Waals surface area contributed by atoms with Crippen LogP contribution >= 0.6 is 0 Å². The van der Waals surface area contributed by atoms with Gasteiger partial charge in [0, 0.05) is 5.92 Å². The van der Waals surface area contributed by atoms with Crippen molar-refractivity contribution in [2.75, 3.05) is 0 Å². The minimum absolute atomic E-state index is 0.154. The summed E-state index contributed by atoms with van der Waals surface area (Å²) in [7, 11) is 0. The van der Waals surface area contributed by atoms with E-state index in [1.807, 2.05) is 20.8 Å². The zero-order valence-electron chi connectivity index (χ0n) is 9.39. The van der Waals surface area contributed by atoms with Crippen LogP contribution in [0.5, 0.6) is 0 Å². The third kappa shape index (κ3) is 3.47. The monoisotopic (exact) mass is 185 g/mol. The fraction of sp³-hybridized carbons (Fsp3) is 0.909. The maximum absolute atomic E-state index is 11.9. The SMILES string of the molecule is CCCC(C)(N)C(=O)C(CC)CC. The van der Waals surface area contributed by atoms with Crippen LogP contribution in [-0.4, -0.2) is 11.3 Å². The average molecular weight is 185 g/mol. The van der Waals surface area contributed by atoms with Gasteiger partial charge in [-0.05, 0) is 26.2 Å². The molecule has 0 aliphatic heterocycles. The van der Waals surface area contributed by atoms with Crippen molar-refractivity contribution in [3.8, 4) is 0 Å². The highest BCUT2D eigenvalue weighted by atomic mass is 16.1. The molecule has 0 aromatic rings. The smallest absolute Gasteiger partial charge is 0.155 e. The first-order valence-corrected chi connectivity index (χ1v) is 5.32. The van der Waals surface area contributed by atoms with Crippen LogP contribution in [0.25, 0.3) is 0 Å². The van der Waals surface area contributed by atoms with Crippen LogP contribution in [0.1, 0.15) is 53.4 Å². The first kappa shape index (κ1) is 12.6. The van der Waals surface area contributed by atoms with Gasteiger partial charge in [0.15, 0.2) is 5.78 Å². The van der Waals surface area contributed by atoms with Crippen LogP contribution in [-0.2, 0) is 4.79 Å². The predicted molar refractivity (Wildman–Crippen MR) is 56.6 cm³/mol. The van der Waals surface area contributed by atoms with Gasteiger partial charge in [0.1, 0.15) is 0 Å². The quantitative estimate of drug-likeness (QED) is 0.691. The summed E-state index contributed by atoms with van der Waals surface area (Å²) in [5.74, 6) is 0.390. The van der Waals surface area contributed by atoms with Crippen LogP contribution in [0.3, 0.4) is 0 Å². The van der Waals surface area contributed by atoms with Gasteiger partial charge in [0.05, 0.1) is 5.54 Å². The number of carbonyl (C=O) groups excluding carboxylic acids is 1. The summed E-state index contributed by atoms with van der Waals surface area (Å²) in [4.78, 5) is 11.9. The molecule has 0 radical (unpaired) electrons. The Morgan fingerprint density at radius 3 is 2.08 bits per heavy atom. The molecule has 13 heavy (non-hydrogen) atoms. The molecule has 78 valence electrons. The molecule has 2 N–H and O–H groups in total. The van der Waals surface area contributed by atoms with E-state index in [1.54, 1.807) is 0 Å². The molecule has 0 amide bonds. The van der Waals surface area contributed by atoms with Crippen LogP contribution in [0.2, 0.25) is 0 Å². The van der Waals surface area contributed by atoms with Crippen molar-refractivity contribution in [1.82, 2.24) is 0 Å². The van der Waals surface area contributed by atoms with Crippen LogP contribution in [0, 0.1) is 5.92 Å². The molecule has 0 saturated carbocycles. The second-order valence-corrected chi connectivity index (χ2v) is 4.05. The van der Waals surface area contributed by atoms with E-state index in [0.29, 0.717) is 0 Å². The van der Waals surface area contributed by atoms with E-state index in [2.05, 4.69) is 6.92 Å². The molecule has 2 heteroatoms. The van der Waals surface area contributed by atoms with Gasteiger partial charge < -0.3 is 5.73 Å². The highest BCUT2D eigenvalue weighted by Crippen LogP contribution is 2.19. The fourth-order valence-corrected chi connectivity index (χ4v) is 1.77. The Morgan fingerprint density at radius 2 is 1.77 bits per heavy atom. The first-order chi connectivity index (χ1) is 5.99. The summed E-state index contributed by atoms with van der Waals surface area (Å²) in [5, 5.41) is 0. The minimum atomic E-state index is -0.606. The molecular weight excluding hydrogens is 162 g/mol. The molecule has 0 saturated heterocycles. The van der Waals surface area contributed by atoms with Gasteiger partial charge in [0.2, 0.25) is 0 Å². The summed E-state index contributed by atoms with van der Waals surface area (Å²) in [6.07, 6.45) is 3.58. The van der Waals surface area contributed by atoms with E-state index in [-0.39, 0.29) is 11.7 Å². The van der Waals surface area contributed by atoms with Gasteiger partial charge in [-0.2, -0.15) is 0 Å². The average Bonchev–Trinajstić information content (AvgIpc) is 2.06. The lowest BCUT2D eigenvalue weighted by Gasteiger charge is -2.26. The molecular formula is C11H23NO. The molecule has 0 heterocycles. The maximum Gasteiger partial charge on any atom is 0.155 e. The van der Waals surface area contributed by atoms with Crippen molar-refractivity contribution in [3.63, 3.8) is 0 Å². The predicted octanol–water partition coefficient (Wildman–Crippen LogP) is 2.51. The largest absolute Gasteiger partial charge is 0.319 e. The second kappa shape index (κ2) is 5.38. The molecule has 0 bridgehead atoms. The number of ketones is 1. The van der Waals surface area contributed by atoms with E-state index in [9.17, 15) is 4.79 Å². The Labute approximate surface area is 81.9 Å². The van der Waals surface area contributed by atoms with Crippen molar-refractivity contribution >= 4 is 5.78 Å². The zero-order valence-corrected chi connectivity index (χ0v) is 9.39. The Bertz CT molecular complexity index is 159. The first-order valence-electron chi connectivity index (χ1n) is 5.32. The summed E-state index contributed by atoms with van der Waals surface area (Å²) in [5.41, 5.74) is 5.37. The molecule has 1 atom stereocenters. The van der Waals surface area contributed by atoms with Crippen LogP contribution in [0.4, 0.5) is 0 Å². The molecule has 0 fully saturated rings. The number of carbonyl (C=O) groups is 1. The van der Waals surface area contributed by atoms with E-state index in [1.165, 1.54) is 0 Å². The lowest BCUT2D eigenvalue weighted by molar-refractivity contribution is -0.128. The summed E-state index contributed by atoms with van der Waals surface area (Å²) < 4.78 is 0. The molecule has 1 unspecified atom stereocenters. The van der Waals surface area contributed by atoms with E-state index in [4.69, 9.17) is 5.73 Å². The molecule has 0 aromatic carbocycles. The van der Waals surface area contributed by atoms with Crippen molar-refractivity contribution in [2.45, 2.75) is 58.9 Å². The highest BCUT2D eigenvalue weighted by Gasteiger charge is 2.31. The molecule has 0 aliphatic rings. The number of hydrogen-bond donors (Lipinski definition) is 1. The lowest BCUT2D eigenvalue weighted by Crippen LogP contribution is -2.47. The van der Waals surface area contributed by atoms with E-state index >= 15 is 0 Å². The normalized spacial score (nSPS) is 15.8. The maximum atomic E-state index is 11.9. The van der Waals surface area contributed by atoms with Gasteiger partial charge in [-0.25, -0.2) is 0 Å². The van der Waals surface area contributed by atoms with Crippen molar-refractivity contribution in [2.24, 2.45) is 11.7 Å². The number of Topliss-reactive ketones (excluding diaryl/α,β-unsaturated/α-hetero) is 1. The fourth-order valence-electron chi connectivity index (χ4n) is 1.77. The van der Waals surface area contributed by atoms with Crippen molar-refractivity contribution in [3.05, 3.63) is 0 Å². The summed E-state index contributed by atoms with van der Waals surface area (Å²) >= 11 is 0. The number of hydrogen-bond acceptors (Lipinski definition) is 2. The topological polar surface area (TPSA) is 43.1 Å². The zero-order chi connectivity index (χ0) is 10.5. The molecule has 0 spiro atoms. The summed E-state index contributed by atoms with van der Waals surface area (Å²) in [6, 6.07) is 0. The number of rotatable bonds is 6.